The van der Waals surface area contributed by atoms with Gasteiger partial charge in [0.15, 0.2) is 5.78 Å². The van der Waals surface area contributed by atoms with Gasteiger partial charge in [-0.15, -0.1) is 0 Å². The zero-order chi connectivity index (χ0) is 16.2. The fourth-order valence-corrected chi connectivity index (χ4v) is 3.04. The molecule has 0 spiro atoms. The number of rotatable bonds is 3. The second-order valence-electron chi connectivity index (χ2n) is 5.81. The van der Waals surface area contributed by atoms with Gasteiger partial charge in [-0.1, -0.05) is 11.6 Å². The summed E-state index contributed by atoms with van der Waals surface area (Å²) in [5, 5.41) is 0. The Morgan fingerprint density at radius 1 is 1.26 bits per heavy atom. The van der Waals surface area contributed by atoms with E-state index < -0.39 is 0 Å². The average Bonchev–Trinajstić information content (AvgIpc) is 2.78. The highest BCUT2D eigenvalue weighted by Crippen LogP contribution is 2.27. The lowest BCUT2D eigenvalue weighted by Gasteiger charge is -2.18. The topological polar surface area (TPSA) is 67.8 Å². The van der Waals surface area contributed by atoms with E-state index in [1.54, 1.807) is 12.1 Å². The van der Waals surface area contributed by atoms with Crippen LogP contribution in [-0.2, 0) is 0 Å². The molecule has 0 radical (unpaired) electrons. The second kappa shape index (κ2) is 6.84. The van der Waals surface area contributed by atoms with Gasteiger partial charge in [-0.25, -0.2) is 4.99 Å². The highest BCUT2D eigenvalue weighted by Gasteiger charge is 2.19. The van der Waals surface area contributed by atoms with E-state index in [1.165, 1.54) is 11.1 Å². The van der Waals surface area contributed by atoms with Crippen molar-refractivity contribution >= 4 is 22.9 Å². The van der Waals surface area contributed by atoms with Gasteiger partial charge in [0.05, 0.1) is 17.9 Å². The standard InChI is InChI=1S/C19H21N3O/c1-13-19-15(10-11-21-13)4-2-3-5-17(19)22-16-8-6-14(7-9-16)18(23)12-20/h3,5-9H,2,4,10-12,20H2,1H3. The number of ketones is 1. The molecule has 0 amide bonds. The van der Waals surface area contributed by atoms with Crippen LogP contribution in [0.5, 0.6) is 0 Å². The third-order valence-electron chi connectivity index (χ3n) is 4.25. The lowest BCUT2D eigenvalue weighted by Crippen LogP contribution is -2.15. The van der Waals surface area contributed by atoms with Crippen LogP contribution in [0.3, 0.4) is 0 Å². The molecule has 1 aliphatic heterocycles. The summed E-state index contributed by atoms with van der Waals surface area (Å²) >= 11 is 0. The van der Waals surface area contributed by atoms with Crippen LogP contribution in [0, 0.1) is 0 Å². The predicted molar refractivity (Wildman–Crippen MR) is 94.9 cm³/mol. The van der Waals surface area contributed by atoms with Gasteiger partial charge in [0.25, 0.3) is 0 Å². The Hall–Kier alpha value is -2.33. The number of carbonyl (C=O) groups is 1. The molecule has 1 aromatic rings. The van der Waals surface area contributed by atoms with Gasteiger partial charge >= 0.3 is 0 Å². The smallest absolute Gasteiger partial charge is 0.176 e. The van der Waals surface area contributed by atoms with E-state index in [9.17, 15) is 4.79 Å². The normalized spacial score (nSPS) is 19.4. The quantitative estimate of drug-likeness (QED) is 0.869. The maximum Gasteiger partial charge on any atom is 0.176 e. The summed E-state index contributed by atoms with van der Waals surface area (Å²) in [5.41, 5.74) is 11.6. The highest BCUT2D eigenvalue weighted by atomic mass is 16.1. The maximum atomic E-state index is 11.6. The van der Waals surface area contributed by atoms with Gasteiger partial charge in [0.2, 0.25) is 0 Å². The number of aliphatic imine (C=N–C) groups is 2. The van der Waals surface area contributed by atoms with E-state index in [-0.39, 0.29) is 12.3 Å². The van der Waals surface area contributed by atoms with Crippen molar-refractivity contribution in [2.45, 2.75) is 26.2 Å². The van der Waals surface area contributed by atoms with Gasteiger partial charge < -0.3 is 5.73 Å². The first kappa shape index (κ1) is 15.6. The van der Waals surface area contributed by atoms with E-state index in [0.29, 0.717) is 5.56 Å². The Morgan fingerprint density at radius 2 is 2.04 bits per heavy atom. The minimum atomic E-state index is -0.0566. The van der Waals surface area contributed by atoms with Crippen LogP contribution in [0.4, 0.5) is 5.69 Å². The van der Waals surface area contributed by atoms with Crippen LogP contribution >= 0.6 is 0 Å². The number of dihydropyridines is 1. The van der Waals surface area contributed by atoms with E-state index in [0.717, 1.165) is 42.9 Å². The number of hydrogen-bond donors (Lipinski definition) is 1. The zero-order valence-electron chi connectivity index (χ0n) is 13.4. The number of nitrogens with zero attached hydrogens (tertiary/aromatic N) is 2. The molecule has 1 aliphatic carbocycles. The Kier molecular flexibility index (Phi) is 4.63. The van der Waals surface area contributed by atoms with Crippen LogP contribution in [-0.4, -0.2) is 30.3 Å². The molecule has 23 heavy (non-hydrogen) atoms. The van der Waals surface area contributed by atoms with Gasteiger partial charge in [-0.05, 0) is 56.5 Å². The van der Waals surface area contributed by atoms with Crippen molar-refractivity contribution in [3.05, 3.63) is 53.1 Å². The third-order valence-corrected chi connectivity index (χ3v) is 4.25. The molecule has 118 valence electrons. The summed E-state index contributed by atoms with van der Waals surface area (Å²) in [4.78, 5) is 21.0. The Morgan fingerprint density at radius 3 is 2.78 bits per heavy atom. The molecule has 4 nitrogen and oxygen atoms in total. The lowest BCUT2D eigenvalue weighted by molar-refractivity contribution is 0.100. The number of hydrogen-bond acceptors (Lipinski definition) is 4. The zero-order valence-corrected chi connectivity index (χ0v) is 13.4. The summed E-state index contributed by atoms with van der Waals surface area (Å²) in [5.74, 6) is -0.0566. The van der Waals surface area contributed by atoms with E-state index in [2.05, 4.69) is 24.1 Å². The number of Topliss-reactive ketones (excluding diaryl/α,β-unsaturated/α-hetero) is 1. The minimum Gasteiger partial charge on any atom is -0.324 e. The van der Waals surface area contributed by atoms with Crippen molar-refractivity contribution in [2.24, 2.45) is 15.7 Å². The molecule has 1 aromatic carbocycles. The first-order valence-corrected chi connectivity index (χ1v) is 8.01. The fraction of sp³-hybridized carbons (Fsp3) is 0.316. The van der Waals surface area contributed by atoms with Crippen molar-refractivity contribution < 1.29 is 4.79 Å². The van der Waals surface area contributed by atoms with E-state index >= 15 is 0 Å². The molecule has 2 N–H and O–H groups in total. The van der Waals surface area contributed by atoms with Gasteiger partial charge in [-0.2, -0.15) is 0 Å². The first-order valence-electron chi connectivity index (χ1n) is 8.01. The van der Waals surface area contributed by atoms with Crippen molar-refractivity contribution in [3.8, 4) is 0 Å². The molecule has 0 bridgehead atoms. The molecule has 0 unspecified atom stereocenters. The molecule has 3 rings (SSSR count). The lowest BCUT2D eigenvalue weighted by atomic mass is 9.93. The van der Waals surface area contributed by atoms with E-state index in [1.807, 2.05) is 12.1 Å². The number of allylic oxidation sites excluding steroid dienone is 3. The summed E-state index contributed by atoms with van der Waals surface area (Å²) in [7, 11) is 0. The van der Waals surface area contributed by atoms with Gasteiger partial charge in [0.1, 0.15) is 0 Å². The third kappa shape index (κ3) is 3.37. The number of benzene rings is 1. The van der Waals surface area contributed by atoms with Crippen molar-refractivity contribution in [2.75, 3.05) is 13.1 Å². The van der Waals surface area contributed by atoms with Crippen LogP contribution in [0.2, 0.25) is 0 Å². The molecule has 2 aliphatic rings. The average molecular weight is 307 g/mol. The van der Waals surface area contributed by atoms with E-state index in [4.69, 9.17) is 10.7 Å². The molecule has 0 saturated carbocycles. The SMILES string of the molecule is CC1=NCCC2=C1C(=Nc1ccc(C(=O)CN)cc1)C=CCC2. The van der Waals surface area contributed by atoms with Gasteiger partial charge in [-0.3, -0.25) is 9.79 Å². The Bertz CT molecular complexity index is 736. The number of nitrogens with two attached hydrogens (primary N) is 1. The maximum absolute atomic E-state index is 11.6. The fourth-order valence-electron chi connectivity index (χ4n) is 3.04. The largest absolute Gasteiger partial charge is 0.324 e. The minimum absolute atomic E-state index is 0.0303. The summed E-state index contributed by atoms with van der Waals surface area (Å²) in [6, 6.07) is 7.30. The molecule has 4 heteroatoms. The van der Waals surface area contributed by atoms with Crippen LogP contribution < -0.4 is 5.73 Å². The molecular formula is C19H21N3O. The monoisotopic (exact) mass is 307 g/mol. The molecular weight excluding hydrogens is 286 g/mol. The summed E-state index contributed by atoms with van der Waals surface area (Å²) in [6.07, 6.45) is 7.43. The van der Waals surface area contributed by atoms with Crippen LogP contribution in [0.25, 0.3) is 0 Å². The molecule has 0 fully saturated rings. The molecule has 0 saturated heterocycles. The first-order chi connectivity index (χ1) is 11.2. The number of carbonyl (C=O) groups excluding carboxylic acids is 1. The van der Waals surface area contributed by atoms with Crippen molar-refractivity contribution in [3.63, 3.8) is 0 Å². The van der Waals surface area contributed by atoms with Crippen molar-refractivity contribution in [1.29, 1.82) is 0 Å². The highest BCUT2D eigenvalue weighted by molar-refractivity contribution is 6.29. The Labute approximate surface area is 136 Å². The predicted octanol–water partition coefficient (Wildman–Crippen LogP) is 3.41. The van der Waals surface area contributed by atoms with Gasteiger partial charge in [0, 0.05) is 23.4 Å². The van der Waals surface area contributed by atoms with Crippen LogP contribution in [0.1, 0.15) is 36.5 Å². The summed E-state index contributed by atoms with van der Waals surface area (Å²) < 4.78 is 0. The Balaban J connectivity index is 1.96. The van der Waals surface area contributed by atoms with Crippen molar-refractivity contribution in [1.82, 2.24) is 0 Å². The molecule has 1 heterocycles. The summed E-state index contributed by atoms with van der Waals surface area (Å²) in [6.45, 7) is 2.97. The van der Waals surface area contributed by atoms with Crippen LogP contribution in [0.15, 0.2) is 57.5 Å². The molecule has 0 aromatic heterocycles. The second-order valence-corrected chi connectivity index (χ2v) is 5.81. The molecule has 0 atom stereocenters.